The van der Waals surface area contributed by atoms with Crippen molar-refractivity contribution in [1.29, 1.82) is 0 Å². The second kappa shape index (κ2) is 9.03. The van der Waals surface area contributed by atoms with Gasteiger partial charge in [0.05, 0.1) is 22.5 Å². The van der Waals surface area contributed by atoms with Gasteiger partial charge in [0.25, 0.3) is 5.91 Å². The van der Waals surface area contributed by atoms with Gasteiger partial charge in [-0.05, 0) is 78.7 Å². The number of amidine groups is 1. The zero-order chi connectivity index (χ0) is 24.6. The second-order valence-corrected chi connectivity index (χ2v) is 8.71. The van der Waals surface area contributed by atoms with E-state index in [2.05, 4.69) is 4.99 Å². The van der Waals surface area contributed by atoms with Gasteiger partial charge < -0.3 is 24.4 Å². The number of carbonyl (C=O) groups is 3. The predicted molar refractivity (Wildman–Crippen MR) is 126 cm³/mol. The van der Waals surface area contributed by atoms with Crippen molar-refractivity contribution in [2.75, 3.05) is 7.05 Å². The molecular weight excluding hydrogens is 454 g/mol. The Balaban J connectivity index is 1.65. The predicted octanol–water partition coefficient (Wildman–Crippen LogP) is 2.05. The molecule has 4 rings (SSSR count). The Morgan fingerprint density at radius 1 is 0.971 bits per heavy atom. The standard InChI is InChI=1S/C25H21N3O5S/c1-14-11-18(15(2)28(14)20-6-4-5-17(12-20)24(32)33)13-21-22(29)27(3)25(34-21)26-19-9-7-16(8-10-19)23(30)31/h4-13H,1-3H3,(H,30,31)(H,32,33)/p-2/b21-13-,26-25?. The molecule has 3 aromatic rings. The summed E-state index contributed by atoms with van der Waals surface area (Å²) in [6, 6.07) is 14.3. The van der Waals surface area contributed by atoms with Crippen LogP contribution < -0.4 is 10.2 Å². The van der Waals surface area contributed by atoms with Crippen LogP contribution in [0.3, 0.4) is 0 Å². The number of hydrogen-bond acceptors (Lipinski definition) is 7. The molecule has 0 N–H and O–H groups in total. The number of rotatable bonds is 5. The van der Waals surface area contributed by atoms with Gasteiger partial charge in [0.2, 0.25) is 0 Å². The SMILES string of the molecule is Cc1cc(/C=C2\SC(=Nc3ccc(C(=O)[O-])cc3)N(C)C2=O)c(C)n1-c1cccc(C(=O)[O-])c1. The minimum absolute atomic E-state index is 0.0496. The zero-order valence-corrected chi connectivity index (χ0v) is 19.4. The highest BCUT2D eigenvalue weighted by Crippen LogP contribution is 2.34. The van der Waals surface area contributed by atoms with Crippen molar-refractivity contribution in [3.63, 3.8) is 0 Å². The minimum Gasteiger partial charge on any atom is -0.545 e. The van der Waals surface area contributed by atoms with Gasteiger partial charge in [-0.2, -0.15) is 0 Å². The first-order valence-corrected chi connectivity index (χ1v) is 11.1. The molecule has 0 unspecified atom stereocenters. The van der Waals surface area contributed by atoms with Crippen molar-refractivity contribution in [2.24, 2.45) is 4.99 Å². The number of aryl methyl sites for hydroxylation is 1. The molecule has 34 heavy (non-hydrogen) atoms. The van der Waals surface area contributed by atoms with Crippen LogP contribution in [0.1, 0.15) is 37.7 Å². The summed E-state index contributed by atoms with van der Waals surface area (Å²) >= 11 is 1.22. The molecule has 1 aliphatic heterocycles. The van der Waals surface area contributed by atoms with Crippen molar-refractivity contribution in [1.82, 2.24) is 9.47 Å². The van der Waals surface area contributed by atoms with E-state index < -0.39 is 11.9 Å². The van der Waals surface area contributed by atoms with Crippen molar-refractivity contribution in [3.05, 3.63) is 87.6 Å². The molecule has 1 fully saturated rings. The summed E-state index contributed by atoms with van der Waals surface area (Å²) in [4.78, 5) is 41.4. The molecule has 2 aromatic carbocycles. The average Bonchev–Trinajstić information content (AvgIpc) is 3.23. The first-order chi connectivity index (χ1) is 16.2. The monoisotopic (exact) mass is 473 g/mol. The number of amides is 1. The average molecular weight is 474 g/mol. The van der Waals surface area contributed by atoms with Crippen LogP contribution >= 0.6 is 11.8 Å². The van der Waals surface area contributed by atoms with Gasteiger partial charge >= 0.3 is 0 Å². The van der Waals surface area contributed by atoms with E-state index in [1.165, 1.54) is 34.9 Å². The molecule has 1 saturated heterocycles. The molecule has 2 heterocycles. The number of carboxylic acids is 2. The maximum absolute atomic E-state index is 12.8. The number of hydrogen-bond donors (Lipinski definition) is 0. The fourth-order valence-electron chi connectivity index (χ4n) is 3.68. The Bertz CT molecular complexity index is 1390. The molecule has 0 saturated carbocycles. The van der Waals surface area contributed by atoms with E-state index in [9.17, 15) is 24.6 Å². The van der Waals surface area contributed by atoms with Gasteiger partial charge in [-0.3, -0.25) is 9.69 Å². The second-order valence-electron chi connectivity index (χ2n) is 7.70. The molecule has 0 atom stereocenters. The highest BCUT2D eigenvalue weighted by Gasteiger charge is 2.30. The van der Waals surface area contributed by atoms with Gasteiger partial charge in [-0.25, -0.2) is 4.99 Å². The van der Waals surface area contributed by atoms with E-state index in [-0.39, 0.29) is 17.0 Å². The molecule has 1 aromatic heterocycles. The van der Waals surface area contributed by atoms with Crippen LogP contribution in [0, 0.1) is 13.8 Å². The smallest absolute Gasteiger partial charge is 0.266 e. The largest absolute Gasteiger partial charge is 0.545 e. The Hall–Kier alpha value is -4.11. The van der Waals surface area contributed by atoms with Crippen molar-refractivity contribution >= 4 is 46.5 Å². The minimum atomic E-state index is -1.27. The summed E-state index contributed by atoms with van der Waals surface area (Å²) in [5.74, 6) is -2.72. The van der Waals surface area contributed by atoms with E-state index in [0.29, 0.717) is 21.4 Å². The van der Waals surface area contributed by atoms with E-state index >= 15 is 0 Å². The molecule has 0 radical (unpaired) electrons. The molecule has 0 spiro atoms. The van der Waals surface area contributed by atoms with Crippen LogP contribution in [-0.4, -0.2) is 39.5 Å². The van der Waals surface area contributed by atoms with Gasteiger partial charge in [0.1, 0.15) is 0 Å². The van der Waals surface area contributed by atoms with Crippen LogP contribution in [-0.2, 0) is 4.79 Å². The molecule has 9 heteroatoms. The summed E-state index contributed by atoms with van der Waals surface area (Å²) in [7, 11) is 1.62. The Morgan fingerprint density at radius 3 is 2.29 bits per heavy atom. The maximum Gasteiger partial charge on any atom is 0.266 e. The fourth-order valence-corrected chi connectivity index (χ4v) is 4.66. The lowest BCUT2D eigenvalue weighted by Crippen LogP contribution is -2.23. The van der Waals surface area contributed by atoms with E-state index in [0.717, 1.165) is 17.0 Å². The molecule has 0 aliphatic carbocycles. The fraction of sp³-hybridized carbons (Fsp3) is 0.120. The number of aromatic nitrogens is 1. The summed E-state index contributed by atoms with van der Waals surface area (Å²) in [6.07, 6.45) is 1.78. The highest BCUT2D eigenvalue weighted by molar-refractivity contribution is 8.18. The first-order valence-electron chi connectivity index (χ1n) is 10.2. The lowest BCUT2D eigenvalue weighted by molar-refractivity contribution is -0.256. The number of carboxylic acid groups (broad SMARTS) is 2. The summed E-state index contributed by atoms with van der Waals surface area (Å²) in [6.45, 7) is 3.80. The normalized spacial score (nSPS) is 16.0. The van der Waals surface area contributed by atoms with E-state index in [1.54, 1.807) is 37.4 Å². The van der Waals surface area contributed by atoms with Crippen LogP contribution in [0.2, 0.25) is 0 Å². The summed E-state index contributed by atoms with van der Waals surface area (Å²) in [5.41, 5.74) is 3.88. The third-order valence-corrected chi connectivity index (χ3v) is 6.49. The lowest BCUT2D eigenvalue weighted by Gasteiger charge is -2.12. The maximum atomic E-state index is 12.8. The van der Waals surface area contributed by atoms with Gasteiger partial charge in [-0.15, -0.1) is 0 Å². The molecule has 0 bridgehead atoms. The highest BCUT2D eigenvalue weighted by atomic mass is 32.2. The Morgan fingerprint density at radius 2 is 1.65 bits per heavy atom. The summed E-state index contributed by atoms with van der Waals surface area (Å²) in [5, 5.41) is 22.6. The van der Waals surface area contributed by atoms with Gasteiger partial charge in [-0.1, -0.05) is 24.3 Å². The third kappa shape index (κ3) is 4.38. The van der Waals surface area contributed by atoms with Crippen LogP contribution in [0.15, 0.2) is 64.5 Å². The van der Waals surface area contributed by atoms with E-state index in [1.807, 2.05) is 30.5 Å². The number of aromatic carboxylic acids is 2. The topological polar surface area (TPSA) is 118 Å². The molecule has 1 aliphatic rings. The van der Waals surface area contributed by atoms with Gasteiger partial charge in [0.15, 0.2) is 5.17 Å². The van der Waals surface area contributed by atoms with Crippen molar-refractivity contribution in [2.45, 2.75) is 13.8 Å². The molecule has 8 nitrogen and oxygen atoms in total. The van der Waals surface area contributed by atoms with Crippen molar-refractivity contribution in [3.8, 4) is 5.69 Å². The van der Waals surface area contributed by atoms with Crippen LogP contribution in [0.4, 0.5) is 5.69 Å². The number of thioether (sulfide) groups is 1. The quantitative estimate of drug-likeness (QED) is 0.524. The van der Waals surface area contributed by atoms with Crippen LogP contribution in [0.25, 0.3) is 11.8 Å². The number of likely N-dealkylation sites (N-methyl/N-ethyl adjacent to an activating group) is 1. The number of carbonyl (C=O) groups excluding carboxylic acids is 3. The van der Waals surface area contributed by atoms with Crippen LogP contribution in [0.5, 0.6) is 0 Å². The number of aliphatic imine (C=N–C) groups is 1. The first kappa shape index (κ1) is 23.1. The third-order valence-electron chi connectivity index (χ3n) is 5.43. The number of benzene rings is 2. The zero-order valence-electron chi connectivity index (χ0n) is 18.6. The molecule has 1 amide bonds. The number of nitrogens with zero attached hydrogens (tertiary/aromatic N) is 3. The van der Waals surface area contributed by atoms with Gasteiger partial charge in [0, 0.05) is 24.1 Å². The van der Waals surface area contributed by atoms with E-state index in [4.69, 9.17) is 0 Å². The Kier molecular flexibility index (Phi) is 6.12. The Labute approximate surface area is 199 Å². The van der Waals surface area contributed by atoms with Crippen molar-refractivity contribution < 1.29 is 24.6 Å². The summed E-state index contributed by atoms with van der Waals surface area (Å²) < 4.78 is 1.92. The molecular formula is C25H19N3O5S-2. The molecule has 172 valence electrons. The lowest BCUT2D eigenvalue weighted by atomic mass is 10.2.